The molecule has 0 heterocycles. The van der Waals surface area contributed by atoms with E-state index in [1.54, 1.807) is 18.2 Å². The third-order valence-electron chi connectivity index (χ3n) is 3.14. The predicted molar refractivity (Wildman–Crippen MR) is 62.6 cm³/mol. The Hall–Kier alpha value is -1.96. The second-order valence-corrected chi connectivity index (χ2v) is 4.18. The molecule has 0 aromatic heterocycles. The number of aromatic hydroxyl groups is 2. The molecular formula is C14H12O2. The Morgan fingerprint density at radius 3 is 2.25 bits per heavy atom. The third kappa shape index (κ3) is 1.34. The molecule has 0 unspecified atom stereocenters. The summed E-state index contributed by atoms with van der Waals surface area (Å²) in [6, 6.07) is 10.9. The molecular weight excluding hydrogens is 200 g/mol. The molecule has 2 aromatic carbocycles. The molecule has 0 aliphatic heterocycles. The van der Waals surface area contributed by atoms with Gasteiger partial charge in [0.2, 0.25) is 0 Å². The van der Waals surface area contributed by atoms with Crippen molar-refractivity contribution in [3.8, 4) is 22.6 Å². The lowest BCUT2D eigenvalue weighted by molar-refractivity contribution is 0.474. The monoisotopic (exact) mass is 212 g/mol. The topological polar surface area (TPSA) is 40.5 Å². The van der Waals surface area contributed by atoms with Crippen molar-refractivity contribution in [2.24, 2.45) is 0 Å². The maximum absolute atomic E-state index is 9.52. The van der Waals surface area contributed by atoms with Crippen molar-refractivity contribution < 1.29 is 10.2 Å². The number of hydrogen-bond acceptors (Lipinski definition) is 2. The number of phenols is 2. The third-order valence-corrected chi connectivity index (χ3v) is 3.14. The van der Waals surface area contributed by atoms with Crippen molar-refractivity contribution in [2.75, 3.05) is 0 Å². The first-order valence-electron chi connectivity index (χ1n) is 5.38. The maximum Gasteiger partial charge on any atom is 0.116 e. The van der Waals surface area contributed by atoms with Gasteiger partial charge in [-0.05, 0) is 59.4 Å². The van der Waals surface area contributed by atoms with Crippen LogP contribution >= 0.6 is 0 Å². The van der Waals surface area contributed by atoms with Gasteiger partial charge in [-0.1, -0.05) is 12.1 Å². The summed E-state index contributed by atoms with van der Waals surface area (Å²) in [7, 11) is 0. The summed E-state index contributed by atoms with van der Waals surface area (Å²) in [5.74, 6) is 0.599. The van der Waals surface area contributed by atoms with Crippen LogP contribution < -0.4 is 0 Å². The van der Waals surface area contributed by atoms with Crippen LogP contribution in [0.3, 0.4) is 0 Å². The van der Waals surface area contributed by atoms with Gasteiger partial charge in [0.1, 0.15) is 11.5 Å². The van der Waals surface area contributed by atoms with Crippen LogP contribution in [0, 0.1) is 0 Å². The summed E-state index contributed by atoms with van der Waals surface area (Å²) in [4.78, 5) is 0. The Bertz CT molecular complexity index is 559. The second-order valence-electron chi connectivity index (χ2n) is 4.18. The molecule has 0 bridgehead atoms. The quantitative estimate of drug-likeness (QED) is 0.705. The zero-order chi connectivity index (χ0) is 11.1. The molecule has 2 heteroatoms. The fraction of sp³-hybridized carbons (Fsp3) is 0.143. The van der Waals surface area contributed by atoms with Crippen molar-refractivity contribution >= 4 is 0 Å². The molecule has 0 spiro atoms. The molecule has 2 aromatic rings. The van der Waals surface area contributed by atoms with Gasteiger partial charge >= 0.3 is 0 Å². The molecule has 3 rings (SSSR count). The highest BCUT2D eigenvalue weighted by atomic mass is 16.3. The molecule has 0 fully saturated rings. The van der Waals surface area contributed by atoms with Crippen molar-refractivity contribution in [1.82, 2.24) is 0 Å². The van der Waals surface area contributed by atoms with Crippen LogP contribution in [0.15, 0.2) is 36.4 Å². The second kappa shape index (κ2) is 3.27. The van der Waals surface area contributed by atoms with E-state index in [0.29, 0.717) is 11.5 Å². The average Bonchev–Trinajstić information content (AvgIpc) is 2.28. The molecule has 1 aliphatic carbocycles. The van der Waals surface area contributed by atoms with Gasteiger partial charge in [-0.25, -0.2) is 0 Å². The van der Waals surface area contributed by atoms with E-state index in [1.807, 2.05) is 18.2 Å². The molecule has 0 saturated heterocycles. The highest BCUT2D eigenvalue weighted by Gasteiger charge is 2.16. The summed E-state index contributed by atoms with van der Waals surface area (Å²) in [5, 5.41) is 19.0. The summed E-state index contributed by atoms with van der Waals surface area (Å²) < 4.78 is 0. The number of aryl methyl sites for hydroxylation is 2. The van der Waals surface area contributed by atoms with Gasteiger partial charge in [-0.2, -0.15) is 0 Å². The Morgan fingerprint density at radius 2 is 1.38 bits per heavy atom. The van der Waals surface area contributed by atoms with Crippen LogP contribution in [-0.2, 0) is 12.8 Å². The molecule has 2 N–H and O–H groups in total. The first kappa shape index (κ1) is 9.28. The van der Waals surface area contributed by atoms with Crippen LogP contribution in [0.25, 0.3) is 11.1 Å². The van der Waals surface area contributed by atoms with E-state index in [-0.39, 0.29) is 0 Å². The van der Waals surface area contributed by atoms with Crippen LogP contribution in [0.2, 0.25) is 0 Å². The molecule has 0 atom stereocenters. The van der Waals surface area contributed by atoms with Crippen molar-refractivity contribution in [3.63, 3.8) is 0 Å². The minimum Gasteiger partial charge on any atom is -0.508 e. The maximum atomic E-state index is 9.52. The fourth-order valence-corrected chi connectivity index (χ4v) is 2.35. The minimum atomic E-state index is 0.291. The number of benzene rings is 2. The predicted octanol–water partition coefficient (Wildman–Crippen LogP) is 2.86. The summed E-state index contributed by atoms with van der Waals surface area (Å²) in [6.07, 6.45) is 1.91. The van der Waals surface area contributed by atoms with E-state index in [0.717, 1.165) is 29.5 Å². The summed E-state index contributed by atoms with van der Waals surface area (Å²) >= 11 is 0. The van der Waals surface area contributed by atoms with Crippen LogP contribution in [0.5, 0.6) is 11.5 Å². The normalized spacial score (nSPS) is 13.0. The van der Waals surface area contributed by atoms with Crippen molar-refractivity contribution in [1.29, 1.82) is 0 Å². The van der Waals surface area contributed by atoms with E-state index < -0.39 is 0 Å². The smallest absolute Gasteiger partial charge is 0.116 e. The van der Waals surface area contributed by atoms with Crippen LogP contribution in [0.4, 0.5) is 0 Å². The van der Waals surface area contributed by atoms with Gasteiger partial charge in [-0.15, -0.1) is 0 Å². The fourth-order valence-electron chi connectivity index (χ4n) is 2.35. The standard InChI is InChI=1S/C14H12O2/c15-11-5-6-13-10(7-11)2-1-9-3-4-12(16)8-14(9)13/h3-8,15-16H,1-2H2. The Balaban J connectivity index is 2.25. The van der Waals surface area contributed by atoms with Crippen LogP contribution in [-0.4, -0.2) is 10.2 Å². The van der Waals surface area contributed by atoms with E-state index >= 15 is 0 Å². The van der Waals surface area contributed by atoms with Gasteiger partial charge in [-0.3, -0.25) is 0 Å². The SMILES string of the molecule is Oc1ccc2c(c1)CCc1ccc(O)cc1-2. The lowest BCUT2D eigenvalue weighted by atomic mass is 9.85. The van der Waals surface area contributed by atoms with Gasteiger partial charge in [0.15, 0.2) is 0 Å². The molecule has 0 amide bonds. The number of phenolic OH excluding ortho intramolecular Hbond substituents is 2. The molecule has 0 radical (unpaired) electrons. The molecule has 2 nitrogen and oxygen atoms in total. The van der Waals surface area contributed by atoms with E-state index in [1.165, 1.54) is 5.56 Å². The minimum absolute atomic E-state index is 0.291. The number of fused-ring (bicyclic) bond motifs is 3. The number of rotatable bonds is 0. The highest BCUT2D eigenvalue weighted by Crippen LogP contribution is 2.36. The van der Waals surface area contributed by atoms with Crippen molar-refractivity contribution in [2.45, 2.75) is 12.8 Å². The molecule has 80 valence electrons. The largest absolute Gasteiger partial charge is 0.508 e. The summed E-state index contributed by atoms with van der Waals surface area (Å²) in [5.41, 5.74) is 4.62. The van der Waals surface area contributed by atoms with Gasteiger partial charge in [0.05, 0.1) is 0 Å². The molecule has 16 heavy (non-hydrogen) atoms. The Labute approximate surface area is 93.8 Å². The lowest BCUT2D eigenvalue weighted by Gasteiger charge is -2.20. The molecule has 0 saturated carbocycles. The first-order chi connectivity index (χ1) is 7.74. The lowest BCUT2D eigenvalue weighted by Crippen LogP contribution is -2.03. The molecule has 1 aliphatic rings. The van der Waals surface area contributed by atoms with Gasteiger partial charge < -0.3 is 10.2 Å². The summed E-state index contributed by atoms with van der Waals surface area (Å²) in [6.45, 7) is 0. The van der Waals surface area contributed by atoms with E-state index in [4.69, 9.17) is 0 Å². The number of hydrogen-bond donors (Lipinski definition) is 2. The zero-order valence-corrected chi connectivity index (χ0v) is 8.77. The Morgan fingerprint density at radius 1 is 0.688 bits per heavy atom. The van der Waals surface area contributed by atoms with Gasteiger partial charge in [0, 0.05) is 0 Å². The van der Waals surface area contributed by atoms with Gasteiger partial charge in [0.25, 0.3) is 0 Å². The van der Waals surface area contributed by atoms with Crippen LogP contribution in [0.1, 0.15) is 11.1 Å². The first-order valence-corrected chi connectivity index (χ1v) is 5.38. The average molecular weight is 212 g/mol. The Kier molecular flexibility index (Phi) is 1.90. The van der Waals surface area contributed by atoms with Crippen molar-refractivity contribution in [3.05, 3.63) is 47.5 Å². The highest BCUT2D eigenvalue weighted by molar-refractivity contribution is 5.74. The van der Waals surface area contributed by atoms with E-state index in [2.05, 4.69) is 0 Å². The van der Waals surface area contributed by atoms with E-state index in [9.17, 15) is 10.2 Å². The zero-order valence-electron chi connectivity index (χ0n) is 8.77.